The van der Waals surface area contributed by atoms with Crippen LogP contribution < -0.4 is 15.5 Å². The summed E-state index contributed by atoms with van der Waals surface area (Å²) in [4.78, 5) is 30.3. The van der Waals surface area contributed by atoms with Crippen LogP contribution in [0.3, 0.4) is 0 Å². The number of halogens is 1. The first-order valence-corrected chi connectivity index (χ1v) is 13.1. The van der Waals surface area contributed by atoms with Crippen molar-refractivity contribution in [3.8, 4) is 11.3 Å². The van der Waals surface area contributed by atoms with Crippen LogP contribution in [0.1, 0.15) is 33.9 Å². The Kier molecular flexibility index (Phi) is 8.11. The highest BCUT2D eigenvalue weighted by molar-refractivity contribution is 7.80. The van der Waals surface area contributed by atoms with E-state index in [9.17, 15) is 9.59 Å². The third-order valence-corrected chi connectivity index (χ3v) is 7.01. The van der Waals surface area contributed by atoms with Crippen molar-refractivity contribution in [1.29, 1.82) is 0 Å². The number of furan rings is 1. The Hall–Kier alpha value is -4.25. The van der Waals surface area contributed by atoms with E-state index in [1.807, 2.05) is 41.3 Å². The summed E-state index contributed by atoms with van der Waals surface area (Å²) in [5, 5.41) is 6.92. The highest BCUT2D eigenvalue weighted by atomic mass is 35.5. The van der Waals surface area contributed by atoms with Gasteiger partial charge < -0.3 is 29.4 Å². The van der Waals surface area contributed by atoms with Gasteiger partial charge in [0.15, 0.2) is 5.11 Å². The summed E-state index contributed by atoms with van der Waals surface area (Å²) < 4.78 is 16.0. The molecule has 1 aliphatic rings. The number of nitrogens with one attached hydrogen (secondary N) is 2. The number of amides is 1. The number of esters is 1. The van der Waals surface area contributed by atoms with E-state index in [1.165, 1.54) is 14.2 Å². The molecule has 2 N–H and O–H groups in total. The number of carbonyl (C=O) groups excluding carboxylic acids is 2. The van der Waals surface area contributed by atoms with Gasteiger partial charge in [0.2, 0.25) is 5.91 Å². The fraction of sp³-hybridized carbons (Fsp3) is 0.172. The maximum Gasteiger partial charge on any atom is 0.337 e. The van der Waals surface area contributed by atoms with E-state index >= 15 is 0 Å². The van der Waals surface area contributed by atoms with Crippen molar-refractivity contribution in [3.63, 3.8) is 0 Å². The molecule has 3 heterocycles. The van der Waals surface area contributed by atoms with Crippen molar-refractivity contribution in [3.05, 3.63) is 101 Å². The van der Waals surface area contributed by atoms with Crippen molar-refractivity contribution < 1.29 is 23.5 Å². The fourth-order valence-corrected chi connectivity index (χ4v) is 5.12. The number of pyridine rings is 1. The maximum absolute atomic E-state index is 12.0. The molecule has 1 amide bonds. The quantitative estimate of drug-likeness (QED) is 0.206. The highest BCUT2D eigenvalue weighted by Crippen LogP contribution is 2.44. The SMILES string of the molecule is COCC(=O)Nc1ccc(N2C(=S)NC(c3ccccn3)C2c2ccc(-c3ccc(C(=O)OC)cc3)o2)cc1Cl. The normalized spacial score (nSPS) is 16.5. The summed E-state index contributed by atoms with van der Waals surface area (Å²) in [6.45, 7) is -0.0850. The molecule has 2 unspecified atom stereocenters. The number of hydrogen-bond acceptors (Lipinski definition) is 7. The predicted molar refractivity (Wildman–Crippen MR) is 155 cm³/mol. The van der Waals surface area contributed by atoms with Crippen LogP contribution in [0.4, 0.5) is 11.4 Å². The number of benzene rings is 2. The van der Waals surface area contributed by atoms with Gasteiger partial charge in [0.1, 0.15) is 24.2 Å². The van der Waals surface area contributed by atoms with E-state index in [-0.39, 0.29) is 18.6 Å². The van der Waals surface area contributed by atoms with Gasteiger partial charge in [-0.3, -0.25) is 9.78 Å². The number of methoxy groups -OCH3 is 2. The van der Waals surface area contributed by atoms with Gasteiger partial charge >= 0.3 is 5.97 Å². The summed E-state index contributed by atoms with van der Waals surface area (Å²) in [5.74, 6) is 0.544. The molecule has 0 radical (unpaired) electrons. The average molecular weight is 577 g/mol. The third-order valence-electron chi connectivity index (χ3n) is 6.39. The number of nitrogens with zero attached hydrogens (tertiary/aromatic N) is 2. The summed E-state index contributed by atoms with van der Waals surface area (Å²) in [5.41, 5.74) is 3.19. The largest absolute Gasteiger partial charge is 0.465 e. The van der Waals surface area contributed by atoms with Gasteiger partial charge in [0.25, 0.3) is 0 Å². The molecule has 4 aromatic rings. The van der Waals surface area contributed by atoms with Crippen molar-refractivity contribution in [2.24, 2.45) is 0 Å². The number of hydrogen-bond donors (Lipinski definition) is 2. The molecule has 40 heavy (non-hydrogen) atoms. The molecule has 9 nitrogen and oxygen atoms in total. The van der Waals surface area contributed by atoms with Gasteiger partial charge in [-0.2, -0.15) is 0 Å². The van der Waals surface area contributed by atoms with Gasteiger partial charge in [-0.25, -0.2) is 4.79 Å². The lowest BCUT2D eigenvalue weighted by atomic mass is 10.0. The van der Waals surface area contributed by atoms with Gasteiger partial charge in [-0.05, 0) is 66.8 Å². The van der Waals surface area contributed by atoms with Crippen LogP contribution in [0.2, 0.25) is 5.02 Å². The zero-order valence-corrected chi connectivity index (χ0v) is 23.2. The van der Waals surface area contributed by atoms with E-state index in [2.05, 4.69) is 15.6 Å². The molecule has 11 heteroatoms. The molecule has 204 valence electrons. The summed E-state index contributed by atoms with van der Waals surface area (Å²) in [6.07, 6.45) is 1.73. The van der Waals surface area contributed by atoms with Crippen LogP contribution >= 0.6 is 23.8 Å². The molecule has 0 bridgehead atoms. The smallest absolute Gasteiger partial charge is 0.337 e. The topological polar surface area (TPSA) is 106 Å². The lowest BCUT2D eigenvalue weighted by Gasteiger charge is -2.26. The first-order valence-electron chi connectivity index (χ1n) is 12.3. The van der Waals surface area contributed by atoms with Gasteiger partial charge in [0, 0.05) is 24.6 Å². The van der Waals surface area contributed by atoms with E-state index in [0.717, 1.165) is 11.3 Å². The van der Waals surface area contributed by atoms with Crippen LogP contribution in [0.25, 0.3) is 11.3 Å². The number of anilines is 2. The predicted octanol–water partition coefficient (Wildman–Crippen LogP) is 5.54. The molecule has 2 aromatic heterocycles. The van der Waals surface area contributed by atoms with E-state index < -0.39 is 12.0 Å². The standard InChI is InChI=1S/C29H25ClN4O5S/c1-37-16-25(35)32-21-11-10-19(15-20(21)30)34-27(26(33-29(34)40)22-5-3-4-14-31-22)24-13-12-23(39-24)17-6-8-18(9-7-17)28(36)38-2/h3-15,26-27H,16H2,1-2H3,(H,32,35)(H,33,40). The number of thiocarbonyl (C=S) groups is 1. The molecule has 0 aliphatic carbocycles. The van der Waals surface area contributed by atoms with Gasteiger partial charge in [-0.1, -0.05) is 29.8 Å². The first-order chi connectivity index (χ1) is 19.4. The summed E-state index contributed by atoms with van der Waals surface area (Å²) in [6, 6.07) is 21.0. The number of aromatic nitrogens is 1. The van der Waals surface area contributed by atoms with E-state index in [4.69, 9.17) is 37.7 Å². The van der Waals surface area contributed by atoms with E-state index in [1.54, 1.807) is 42.6 Å². The molecule has 0 saturated carbocycles. The lowest BCUT2D eigenvalue weighted by Crippen LogP contribution is -2.29. The van der Waals surface area contributed by atoms with Crippen LogP contribution in [0.15, 0.2) is 83.4 Å². The maximum atomic E-state index is 12.0. The third kappa shape index (κ3) is 5.55. The number of rotatable bonds is 8. The Labute approximate surface area is 241 Å². The minimum absolute atomic E-state index is 0.0850. The zero-order chi connectivity index (χ0) is 28.2. The van der Waals surface area contributed by atoms with Crippen molar-refractivity contribution in [2.45, 2.75) is 12.1 Å². The zero-order valence-electron chi connectivity index (χ0n) is 21.6. The molecule has 1 saturated heterocycles. The second kappa shape index (κ2) is 11.9. The van der Waals surface area contributed by atoms with Crippen LogP contribution in [0.5, 0.6) is 0 Å². The molecule has 1 aliphatic heterocycles. The molecular formula is C29H25ClN4O5S. The Morgan fingerprint density at radius 1 is 1.10 bits per heavy atom. The molecule has 2 atom stereocenters. The van der Waals surface area contributed by atoms with Crippen molar-refractivity contribution in [2.75, 3.05) is 31.0 Å². The molecule has 5 rings (SSSR count). The van der Waals surface area contributed by atoms with Crippen LogP contribution in [-0.2, 0) is 14.3 Å². The Morgan fingerprint density at radius 3 is 2.58 bits per heavy atom. The van der Waals surface area contributed by atoms with Crippen LogP contribution in [0, 0.1) is 0 Å². The minimum atomic E-state index is -0.408. The summed E-state index contributed by atoms with van der Waals surface area (Å²) >= 11 is 12.3. The van der Waals surface area contributed by atoms with Crippen molar-refractivity contribution in [1.82, 2.24) is 10.3 Å². The second-order valence-electron chi connectivity index (χ2n) is 8.91. The highest BCUT2D eigenvalue weighted by Gasteiger charge is 2.42. The number of ether oxygens (including phenoxy) is 2. The molecular weight excluding hydrogens is 552 g/mol. The van der Waals surface area contributed by atoms with Crippen molar-refractivity contribution >= 4 is 52.2 Å². The molecule has 1 fully saturated rings. The Balaban J connectivity index is 1.51. The van der Waals surface area contributed by atoms with Crippen LogP contribution in [-0.4, -0.2) is 42.8 Å². The minimum Gasteiger partial charge on any atom is -0.465 e. The molecule has 0 spiro atoms. The second-order valence-corrected chi connectivity index (χ2v) is 9.71. The Bertz CT molecular complexity index is 1540. The van der Waals surface area contributed by atoms with Gasteiger partial charge in [0.05, 0.1) is 35.1 Å². The average Bonchev–Trinajstić information content (AvgIpc) is 3.59. The first kappa shape index (κ1) is 27.3. The lowest BCUT2D eigenvalue weighted by molar-refractivity contribution is -0.119. The Morgan fingerprint density at radius 2 is 1.90 bits per heavy atom. The monoisotopic (exact) mass is 576 g/mol. The summed E-state index contributed by atoms with van der Waals surface area (Å²) in [7, 11) is 2.79. The van der Waals surface area contributed by atoms with E-state index in [0.29, 0.717) is 38.6 Å². The van der Waals surface area contributed by atoms with Gasteiger partial charge in [-0.15, -0.1) is 0 Å². The molecule has 2 aromatic carbocycles. The number of carbonyl (C=O) groups is 2. The fourth-order valence-electron chi connectivity index (χ4n) is 4.55.